The van der Waals surface area contributed by atoms with Gasteiger partial charge in [0.15, 0.2) is 5.16 Å². The van der Waals surface area contributed by atoms with Gasteiger partial charge in [-0.2, -0.15) is 0 Å². The predicted molar refractivity (Wildman–Crippen MR) is 76.0 cm³/mol. The van der Waals surface area contributed by atoms with Gasteiger partial charge >= 0.3 is 0 Å². The Balaban J connectivity index is 2.36. The Morgan fingerprint density at radius 2 is 2.05 bits per heavy atom. The van der Waals surface area contributed by atoms with E-state index in [1.165, 1.54) is 29.6 Å². The minimum absolute atomic E-state index is 0.0490. The summed E-state index contributed by atoms with van der Waals surface area (Å²) in [6, 6.07) is 8.09. The average Bonchev–Trinajstić information content (AvgIpc) is 2.38. The van der Waals surface area contributed by atoms with Crippen LogP contribution >= 0.6 is 35.1 Å². The summed E-state index contributed by atoms with van der Waals surface area (Å²) in [5, 5.41) is 12.4. The molecule has 0 spiro atoms. The molecule has 1 heterocycles. The predicted octanol–water partition coefficient (Wildman–Crippen LogP) is 3.91. The maximum atomic E-state index is 10.9. The van der Waals surface area contributed by atoms with Crippen molar-refractivity contribution in [2.24, 2.45) is 0 Å². The van der Waals surface area contributed by atoms with Crippen LogP contribution in [-0.4, -0.2) is 21.1 Å². The summed E-state index contributed by atoms with van der Waals surface area (Å²) in [5.74, 6) is 0. The molecule has 8 heteroatoms. The molecule has 0 fully saturated rings. The molecule has 0 N–H and O–H groups in total. The number of nitrogens with zero attached hydrogens (tertiary/aromatic N) is 3. The van der Waals surface area contributed by atoms with Crippen molar-refractivity contribution in [3.8, 4) is 0 Å². The van der Waals surface area contributed by atoms with E-state index in [4.69, 9.17) is 11.6 Å². The number of nitro groups is 1. The number of nitro benzene ring substituents is 1. The molecule has 0 amide bonds. The summed E-state index contributed by atoms with van der Waals surface area (Å²) < 4.78 is 0. The van der Waals surface area contributed by atoms with Crippen molar-refractivity contribution in [1.82, 2.24) is 9.97 Å². The smallest absolute Gasteiger partial charge is 0.258 e. The number of thioether (sulfide) groups is 1. The van der Waals surface area contributed by atoms with Gasteiger partial charge in [0.05, 0.1) is 9.82 Å². The first-order chi connectivity index (χ1) is 9.10. The summed E-state index contributed by atoms with van der Waals surface area (Å²) in [4.78, 5) is 19.3. The van der Waals surface area contributed by atoms with Crippen LogP contribution in [-0.2, 0) is 0 Å². The quantitative estimate of drug-likeness (QED) is 0.280. The lowest BCUT2D eigenvalue weighted by Gasteiger charge is -2.04. The highest BCUT2D eigenvalue weighted by atomic mass is 35.5. The molecule has 0 radical (unpaired) electrons. The Hall–Kier alpha value is -1.31. The third kappa shape index (κ3) is 3.59. The molecule has 0 aliphatic heterocycles. The molecule has 2 aromatic rings. The molecule has 5 nitrogen and oxygen atoms in total. The van der Waals surface area contributed by atoms with Gasteiger partial charge in [-0.05, 0) is 12.3 Å². The van der Waals surface area contributed by atoms with E-state index in [1.807, 2.05) is 6.26 Å². The minimum Gasteiger partial charge on any atom is -0.258 e. The molecule has 0 aliphatic rings. The summed E-state index contributed by atoms with van der Waals surface area (Å²) in [6.07, 6.45) is 1.84. The molecule has 0 aliphatic carbocycles. The molecule has 0 saturated heterocycles. The Morgan fingerprint density at radius 1 is 1.32 bits per heavy atom. The number of para-hydroxylation sites is 1. The fraction of sp³-hybridized carbons (Fsp3) is 0.0909. The van der Waals surface area contributed by atoms with Gasteiger partial charge < -0.3 is 0 Å². The summed E-state index contributed by atoms with van der Waals surface area (Å²) in [5.41, 5.74) is 0.0490. The van der Waals surface area contributed by atoms with Crippen LogP contribution in [0.15, 0.2) is 45.4 Å². The van der Waals surface area contributed by atoms with E-state index in [2.05, 4.69) is 9.97 Å². The summed E-state index contributed by atoms with van der Waals surface area (Å²) in [6.45, 7) is 0. The van der Waals surface area contributed by atoms with Crippen LogP contribution in [0.2, 0.25) is 5.15 Å². The maximum Gasteiger partial charge on any atom is 0.283 e. The number of rotatable bonds is 4. The third-order valence-corrected chi connectivity index (χ3v) is 3.83. The van der Waals surface area contributed by atoms with Gasteiger partial charge in [-0.1, -0.05) is 47.3 Å². The standard InChI is InChI=1S/C11H8ClN3O2S2/c1-18-11-13-9(12)6-10(14-11)19-8-5-3-2-4-7(8)15(16)17/h2-6H,1H3. The van der Waals surface area contributed by atoms with Crippen molar-refractivity contribution >= 4 is 40.8 Å². The maximum absolute atomic E-state index is 10.9. The van der Waals surface area contributed by atoms with Crippen molar-refractivity contribution in [2.45, 2.75) is 15.1 Å². The molecule has 19 heavy (non-hydrogen) atoms. The highest BCUT2D eigenvalue weighted by Gasteiger charge is 2.15. The Morgan fingerprint density at radius 3 is 2.74 bits per heavy atom. The van der Waals surface area contributed by atoms with Crippen molar-refractivity contribution in [3.63, 3.8) is 0 Å². The third-order valence-electron chi connectivity index (χ3n) is 2.11. The fourth-order valence-corrected chi connectivity index (χ4v) is 2.98. The van der Waals surface area contributed by atoms with Crippen LogP contribution in [0, 0.1) is 10.1 Å². The van der Waals surface area contributed by atoms with E-state index in [0.29, 0.717) is 20.2 Å². The van der Waals surface area contributed by atoms with Crippen molar-refractivity contribution < 1.29 is 4.92 Å². The average molecular weight is 314 g/mol. The lowest BCUT2D eigenvalue weighted by atomic mass is 10.3. The highest BCUT2D eigenvalue weighted by molar-refractivity contribution is 7.99. The van der Waals surface area contributed by atoms with E-state index in [0.717, 1.165) is 0 Å². The normalized spacial score (nSPS) is 10.4. The molecular formula is C11H8ClN3O2S2. The van der Waals surface area contributed by atoms with E-state index in [-0.39, 0.29) is 5.69 Å². The largest absolute Gasteiger partial charge is 0.283 e. The summed E-state index contributed by atoms with van der Waals surface area (Å²) in [7, 11) is 0. The minimum atomic E-state index is -0.416. The van der Waals surface area contributed by atoms with Gasteiger partial charge in [-0.3, -0.25) is 10.1 Å². The molecule has 98 valence electrons. The Kier molecular flexibility index (Phi) is 4.62. The number of aromatic nitrogens is 2. The van der Waals surface area contributed by atoms with E-state index in [9.17, 15) is 10.1 Å². The van der Waals surface area contributed by atoms with Crippen LogP contribution in [0.25, 0.3) is 0 Å². The molecule has 0 bridgehead atoms. The van der Waals surface area contributed by atoms with Gasteiger partial charge in [-0.25, -0.2) is 9.97 Å². The second kappa shape index (κ2) is 6.23. The molecular weight excluding hydrogens is 306 g/mol. The molecule has 0 atom stereocenters. The van der Waals surface area contributed by atoms with Gasteiger partial charge in [-0.15, -0.1) is 0 Å². The SMILES string of the molecule is CSc1nc(Cl)cc(Sc2ccccc2[N+](=O)[O-])n1. The second-order valence-electron chi connectivity index (χ2n) is 3.34. The van der Waals surface area contributed by atoms with Crippen LogP contribution in [0.1, 0.15) is 0 Å². The van der Waals surface area contributed by atoms with Gasteiger partial charge in [0.1, 0.15) is 10.2 Å². The fourth-order valence-electron chi connectivity index (χ4n) is 1.33. The van der Waals surface area contributed by atoms with Crippen LogP contribution in [0.5, 0.6) is 0 Å². The van der Waals surface area contributed by atoms with Crippen molar-refractivity contribution in [3.05, 3.63) is 45.6 Å². The number of hydrogen-bond donors (Lipinski definition) is 0. The molecule has 0 saturated carbocycles. The molecule has 2 rings (SSSR count). The number of benzene rings is 1. The number of halogens is 1. The monoisotopic (exact) mass is 313 g/mol. The van der Waals surface area contributed by atoms with Gasteiger partial charge in [0.25, 0.3) is 5.69 Å². The Bertz CT molecular complexity index is 625. The number of hydrogen-bond acceptors (Lipinski definition) is 6. The zero-order valence-electron chi connectivity index (χ0n) is 9.74. The van der Waals surface area contributed by atoms with Gasteiger partial charge in [0, 0.05) is 12.1 Å². The molecule has 1 aromatic heterocycles. The zero-order valence-corrected chi connectivity index (χ0v) is 12.1. The van der Waals surface area contributed by atoms with Crippen LogP contribution in [0.4, 0.5) is 5.69 Å². The summed E-state index contributed by atoms with van der Waals surface area (Å²) >= 11 is 8.45. The lowest BCUT2D eigenvalue weighted by Crippen LogP contribution is -1.92. The zero-order chi connectivity index (χ0) is 13.8. The second-order valence-corrected chi connectivity index (χ2v) is 5.57. The van der Waals surface area contributed by atoms with E-state index < -0.39 is 4.92 Å². The van der Waals surface area contributed by atoms with Crippen LogP contribution < -0.4 is 0 Å². The lowest BCUT2D eigenvalue weighted by molar-refractivity contribution is -0.387. The first-order valence-electron chi connectivity index (χ1n) is 5.10. The van der Waals surface area contributed by atoms with Gasteiger partial charge in [0.2, 0.25) is 0 Å². The van der Waals surface area contributed by atoms with Crippen molar-refractivity contribution in [2.75, 3.05) is 6.26 Å². The van der Waals surface area contributed by atoms with Crippen LogP contribution in [0.3, 0.4) is 0 Å². The molecule has 0 unspecified atom stereocenters. The topological polar surface area (TPSA) is 68.9 Å². The Labute approximate surface area is 122 Å². The van der Waals surface area contributed by atoms with Crippen molar-refractivity contribution in [1.29, 1.82) is 0 Å². The highest BCUT2D eigenvalue weighted by Crippen LogP contribution is 2.34. The first kappa shape index (κ1) is 14.1. The first-order valence-corrected chi connectivity index (χ1v) is 7.52. The van der Waals surface area contributed by atoms with E-state index in [1.54, 1.807) is 24.3 Å². The van der Waals surface area contributed by atoms with E-state index >= 15 is 0 Å². The molecule has 1 aromatic carbocycles.